The number of fused-ring (bicyclic) bond motifs is 10. The molecule has 0 amide bonds. The second-order valence-corrected chi connectivity index (χ2v) is 13.5. The number of ketones is 2. The number of nitrogens with zero attached hydrogens (tertiary/aromatic N) is 2. The van der Waals surface area contributed by atoms with Crippen LogP contribution in [0.25, 0.3) is 17.2 Å². The first kappa shape index (κ1) is 27.0. The first-order chi connectivity index (χ1) is 22.4. The lowest BCUT2D eigenvalue weighted by molar-refractivity contribution is 0.0990. The van der Waals surface area contributed by atoms with Crippen LogP contribution in [0.2, 0.25) is 0 Å². The van der Waals surface area contributed by atoms with Gasteiger partial charge in [0, 0.05) is 39.5 Å². The van der Waals surface area contributed by atoms with E-state index in [1.165, 1.54) is 38.9 Å². The molecule has 2 aliphatic carbocycles. The number of carbonyl (C=O) groups excluding carboxylic acids is 2. The smallest absolute Gasteiger partial charge is 0.197 e. The Kier molecular flexibility index (Phi) is 5.60. The van der Waals surface area contributed by atoms with Crippen molar-refractivity contribution in [1.82, 2.24) is 4.98 Å². The molecular weight excluding hydrogens is 585 g/mol. The van der Waals surface area contributed by atoms with E-state index in [9.17, 15) is 9.59 Å². The van der Waals surface area contributed by atoms with E-state index >= 15 is 0 Å². The Bertz CT molecular complexity index is 2260. The molecule has 6 aromatic rings. The van der Waals surface area contributed by atoms with E-state index in [0.717, 1.165) is 32.4 Å². The third-order valence-electron chi connectivity index (χ3n) is 9.79. The highest BCUT2D eigenvalue weighted by Crippen LogP contribution is 2.65. The third-order valence-corrected chi connectivity index (χ3v) is 10.9. The highest BCUT2D eigenvalue weighted by molar-refractivity contribution is 7.17. The van der Waals surface area contributed by atoms with Crippen molar-refractivity contribution in [1.29, 1.82) is 0 Å². The maximum absolute atomic E-state index is 13.5. The number of allylic oxidation sites excluding steroid dienone is 1. The highest BCUT2D eigenvalue weighted by atomic mass is 32.1. The molecule has 2 aromatic heterocycles. The molecule has 220 valence electrons. The number of carbonyl (C=O) groups is 2. The van der Waals surface area contributed by atoms with Gasteiger partial charge in [-0.05, 0) is 72.4 Å². The largest absolute Gasteiger partial charge is 0.301 e. The van der Waals surface area contributed by atoms with Crippen molar-refractivity contribution < 1.29 is 9.59 Å². The molecular formula is C41H28N2O2S. The molecule has 0 saturated carbocycles. The van der Waals surface area contributed by atoms with Crippen molar-refractivity contribution in [3.8, 4) is 11.1 Å². The van der Waals surface area contributed by atoms with Crippen LogP contribution in [-0.4, -0.2) is 16.6 Å². The van der Waals surface area contributed by atoms with E-state index in [2.05, 4.69) is 98.5 Å². The lowest BCUT2D eigenvalue weighted by Gasteiger charge is -2.43. The van der Waals surface area contributed by atoms with Crippen LogP contribution in [0.4, 0.5) is 16.4 Å². The minimum atomic E-state index is -0.630. The molecule has 0 bridgehead atoms. The zero-order valence-corrected chi connectivity index (χ0v) is 26.4. The molecule has 0 N–H and O–H groups in total. The SMILES string of the molecule is Cc1cc(C)c(N2c3ccncc3C3(c4ccccc4-c4ccccc43)c3cc(C=C4C(=O)c5ccccc5C4=O)sc32)c(C)c1. The molecule has 0 radical (unpaired) electrons. The van der Waals surface area contributed by atoms with Gasteiger partial charge in [0.05, 0.1) is 22.4 Å². The van der Waals surface area contributed by atoms with Gasteiger partial charge in [-0.2, -0.15) is 0 Å². The van der Waals surface area contributed by atoms with Crippen LogP contribution < -0.4 is 4.90 Å². The fourth-order valence-electron chi connectivity index (χ4n) is 8.14. The van der Waals surface area contributed by atoms with E-state index in [1.54, 1.807) is 23.5 Å². The number of benzene rings is 4. The molecule has 0 fully saturated rings. The van der Waals surface area contributed by atoms with Crippen molar-refractivity contribution in [2.45, 2.75) is 26.2 Å². The Balaban J connectivity index is 1.38. The van der Waals surface area contributed by atoms with Gasteiger partial charge in [0.2, 0.25) is 0 Å². The molecule has 0 atom stereocenters. The number of pyridine rings is 1. The predicted octanol–water partition coefficient (Wildman–Crippen LogP) is 9.68. The Morgan fingerprint density at radius 1 is 0.674 bits per heavy atom. The van der Waals surface area contributed by atoms with Crippen molar-refractivity contribution >= 4 is 45.4 Å². The molecule has 1 spiro atoms. The predicted molar refractivity (Wildman–Crippen MR) is 185 cm³/mol. The zero-order chi connectivity index (χ0) is 31.3. The summed E-state index contributed by atoms with van der Waals surface area (Å²) in [4.78, 5) is 35.0. The molecule has 4 aromatic carbocycles. The lowest BCUT2D eigenvalue weighted by atomic mass is 9.66. The summed E-state index contributed by atoms with van der Waals surface area (Å²) in [5.74, 6) is -0.430. The zero-order valence-electron chi connectivity index (χ0n) is 25.6. The van der Waals surface area contributed by atoms with Gasteiger partial charge >= 0.3 is 0 Å². The molecule has 3 aliphatic rings. The summed E-state index contributed by atoms with van der Waals surface area (Å²) in [6.07, 6.45) is 5.71. The molecule has 9 rings (SSSR count). The number of aryl methyl sites for hydroxylation is 3. The molecule has 0 saturated heterocycles. The minimum absolute atomic E-state index is 0.215. The van der Waals surface area contributed by atoms with Crippen molar-refractivity contribution in [3.63, 3.8) is 0 Å². The second-order valence-electron chi connectivity index (χ2n) is 12.4. The topological polar surface area (TPSA) is 50.3 Å². The van der Waals surface area contributed by atoms with Crippen molar-refractivity contribution in [2.75, 3.05) is 4.90 Å². The normalized spacial score (nSPS) is 15.0. The number of anilines is 3. The van der Waals surface area contributed by atoms with Crippen LogP contribution in [-0.2, 0) is 5.41 Å². The standard InChI is InChI=1S/C41H28N2O2S/c1-23-18-24(2)37(25(3)19-23)43-36-16-17-42-22-35(36)41(32-14-8-6-10-27(32)28-11-7-9-15-33(28)41)34-21-26(46-40(34)43)20-31-38(44)29-12-4-5-13-30(29)39(31)45/h4-22H,1-3H3. The lowest BCUT2D eigenvalue weighted by Crippen LogP contribution is -2.35. The highest BCUT2D eigenvalue weighted by Gasteiger charge is 2.53. The Labute approximate surface area is 271 Å². The number of hydrogen-bond donors (Lipinski definition) is 0. The van der Waals surface area contributed by atoms with E-state index in [4.69, 9.17) is 4.98 Å². The number of Topliss-reactive ketones (excluding diaryl/α,β-unsaturated/α-hetero) is 2. The van der Waals surface area contributed by atoms with Gasteiger partial charge in [-0.25, -0.2) is 0 Å². The summed E-state index contributed by atoms with van der Waals surface area (Å²) in [5, 5.41) is 1.07. The van der Waals surface area contributed by atoms with Gasteiger partial charge in [0.1, 0.15) is 5.00 Å². The van der Waals surface area contributed by atoms with Crippen LogP contribution >= 0.6 is 11.3 Å². The fourth-order valence-corrected chi connectivity index (χ4v) is 9.32. The van der Waals surface area contributed by atoms with Crippen LogP contribution in [0.1, 0.15) is 64.5 Å². The van der Waals surface area contributed by atoms with Crippen LogP contribution in [0.5, 0.6) is 0 Å². The second kappa shape index (κ2) is 9.56. The summed E-state index contributed by atoms with van der Waals surface area (Å²) >= 11 is 1.63. The average molecular weight is 613 g/mol. The number of thiophene rings is 1. The number of aromatic nitrogens is 1. The van der Waals surface area contributed by atoms with Gasteiger partial charge in [0.25, 0.3) is 0 Å². The Hall–Kier alpha value is -5.39. The van der Waals surface area contributed by atoms with Gasteiger partial charge in [-0.15, -0.1) is 11.3 Å². The van der Waals surface area contributed by atoms with E-state index in [1.807, 2.05) is 30.6 Å². The van der Waals surface area contributed by atoms with Gasteiger partial charge < -0.3 is 4.90 Å². The van der Waals surface area contributed by atoms with Gasteiger partial charge in [-0.3, -0.25) is 14.6 Å². The van der Waals surface area contributed by atoms with Crippen molar-refractivity contribution in [2.24, 2.45) is 0 Å². The maximum Gasteiger partial charge on any atom is 0.197 e. The quantitative estimate of drug-likeness (QED) is 0.144. The Morgan fingerprint density at radius 2 is 1.24 bits per heavy atom. The molecule has 4 nitrogen and oxygen atoms in total. The summed E-state index contributed by atoms with van der Waals surface area (Å²) in [6, 6.07) is 33.2. The van der Waals surface area contributed by atoms with E-state index in [-0.39, 0.29) is 17.1 Å². The molecule has 3 heterocycles. The maximum atomic E-state index is 13.5. The van der Waals surface area contributed by atoms with Gasteiger partial charge in [0.15, 0.2) is 11.6 Å². The molecule has 1 aliphatic heterocycles. The molecule has 5 heteroatoms. The van der Waals surface area contributed by atoms with E-state index in [0.29, 0.717) is 11.1 Å². The Morgan fingerprint density at radius 3 is 1.85 bits per heavy atom. The van der Waals surface area contributed by atoms with Crippen LogP contribution in [0.3, 0.4) is 0 Å². The summed E-state index contributed by atoms with van der Waals surface area (Å²) in [7, 11) is 0. The fraction of sp³-hybridized carbons (Fsp3) is 0.0976. The van der Waals surface area contributed by atoms with Crippen LogP contribution in [0, 0.1) is 20.8 Å². The number of rotatable bonds is 2. The average Bonchev–Trinajstić information content (AvgIpc) is 3.69. The van der Waals surface area contributed by atoms with Crippen LogP contribution in [0.15, 0.2) is 115 Å². The minimum Gasteiger partial charge on any atom is -0.301 e. The number of hydrogen-bond acceptors (Lipinski definition) is 5. The van der Waals surface area contributed by atoms with Crippen molar-refractivity contribution in [3.05, 3.63) is 170 Å². The summed E-state index contributed by atoms with van der Waals surface area (Å²) in [6.45, 7) is 6.47. The summed E-state index contributed by atoms with van der Waals surface area (Å²) in [5.41, 5.74) is 13.4. The monoisotopic (exact) mass is 612 g/mol. The third kappa shape index (κ3) is 3.41. The summed E-state index contributed by atoms with van der Waals surface area (Å²) < 4.78 is 0. The van der Waals surface area contributed by atoms with E-state index < -0.39 is 5.41 Å². The molecule has 46 heavy (non-hydrogen) atoms. The first-order valence-electron chi connectivity index (χ1n) is 15.5. The molecule has 0 unspecified atom stereocenters. The first-order valence-corrected chi connectivity index (χ1v) is 16.3. The van der Waals surface area contributed by atoms with Gasteiger partial charge in [-0.1, -0.05) is 90.5 Å².